The molecule has 0 saturated carbocycles. The lowest BCUT2D eigenvalue weighted by atomic mass is 9.94. The SMILES string of the molecule is Cc1cccc(N2CCC(C(=O)N3CCC[C@H]3C(N)=O)CC2)c1. The summed E-state index contributed by atoms with van der Waals surface area (Å²) >= 11 is 0. The van der Waals surface area contributed by atoms with Crippen molar-refractivity contribution in [2.75, 3.05) is 24.5 Å². The number of primary amides is 1. The number of rotatable bonds is 3. The molecule has 2 N–H and O–H groups in total. The molecular weight excluding hydrogens is 290 g/mol. The van der Waals surface area contributed by atoms with Crippen molar-refractivity contribution in [3.8, 4) is 0 Å². The summed E-state index contributed by atoms with van der Waals surface area (Å²) in [6, 6.07) is 8.09. The number of likely N-dealkylation sites (tertiary alicyclic amines) is 1. The average molecular weight is 315 g/mol. The molecule has 0 unspecified atom stereocenters. The van der Waals surface area contributed by atoms with Gasteiger partial charge in [0.25, 0.3) is 0 Å². The van der Waals surface area contributed by atoms with Crippen LogP contribution in [0.3, 0.4) is 0 Å². The molecule has 5 heteroatoms. The fourth-order valence-corrected chi connectivity index (χ4v) is 3.77. The maximum absolute atomic E-state index is 12.7. The van der Waals surface area contributed by atoms with E-state index in [-0.39, 0.29) is 17.7 Å². The number of nitrogens with zero attached hydrogens (tertiary/aromatic N) is 2. The van der Waals surface area contributed by atoms with Gasteiger partial charge in [-0.3, -0.25) is 9.59 Å². The molecule has 0 radical (unpaired) electrons. The Hall–Kier alpha value is -2.04. The van der Waals surface area contributed by atoms with Crippen molar-refractivity contribution in [2.24, 2.45) is 11.7 Å². The summed E-state index contributed by atoms with van der Waals surface area (Å²) in [6.45, 7) is 4.53. The van der Waals surface area contributed by atoms with Crippen LogP contribution in [0.15, 0.2) is 24.3 Å². The Balaban J connectivity index is 1.60. The Morgan fingerprint density at radius 2 is 1.87 bits per heavy atom. The molecule has 5 nitrogen and oxygen atoms in total. The highest BCUT2D eigenvalue weighted by molar-refractivity contribution is 5.88. The summed E-state index contributed by atoms with van der Waals surface area (Å²) in [6.07, 6.45) is 3.27. The van der Waals surface area contributed by atoms with E-state index in [9.17, 15) is 9.59 Å². The highest BCUT2D eigenvalue weighted by Crippen LogP contribution is 2.27. The van der Waals surface area contributed by atoms with Crippen LogP contribution in [0, 0.1) is 12.8 Å². The number of carbonyl (C=O) groups is 2. The molecule has 0 aliphatic carbocycles. The molecule has 2 saturated heterocycles. The van der Waals surface area contributed by atoms with Gasteiger partial charge in [0, 0.05) is 31.2 Å². The second-order valence-corrected chi connectivity index (χ2v) is 6.69. The molecule has 23 heavy (non-hydrogen) atoms. The number of piperidine rings is 1. The van der Waals surface area contributed by atoms with E-state index in [1.165, 1.54) is 11.3 Å². The van der Waals surface area contributed by atoms with Crippen molar-refractivity contribution in [3.63, 3.8) is 0 Å². The van der Waals surface area contributed by atoms with E-state index in [0.29, 0.717) is 13.0 Å². The normalized spacial score (nSPS) is 22.4. The summed E-state index contributed by atoms with van der Waals surface area (Å²) < 4.78 is 0. The monoisotopic (exact) mass is 315 g/mol. The van der Waals surface area contributed by atoms with Crippen molar-refractivity contribution in [1.29, 1.82) is 0 Å². The van der Waals surface area contributed by atoms with E-state index in [2.05, 4.69) is 36.1 Å². The minimum absolute atomic E-state index is 0.0241. The Labute approximate surface area is 137 Å². The van der Waals surface area contributed by atoms with Crippen LogP contribution in [0.5, 0.6) is 0 Å². The smallest absolute Gasteiger partial charge is 0.240 e. The van der Waals surface area contributed by atoms with Gasteiger partial charge in [0.15, 0.2) is 0 Å². The van der Waals surface area contributed by atoms with Crippen molar-refractivity contribution >= 4 is 17.5 Å². The molecule has 0 spiro atoms. The third kappa shape index (κ3) is 3.33. The number of aryl methyl sites for hydroxylation is 1. The first kappa shape index (κ1) is 15.8. The first-order valence-corrected chi connectivity index (χ1v) is 8.47. The van der Waals surface area contributed by atoms with Gasteiger partial charge in [-0.2, -0.15) is 0 Å². The third-order valence-electron chi connectivity index (χ3n) is 5.08. The number of hydrogen-bond donors (Lipinski definition) is 1. The van der Waals surface area contributed by atoms with Gasteiger partial charge < -0.3 is 15.5 Å². The molecule has 2 aliphatic heterocycles. The Kier molecular flexibility index (Phi) is 4.55. The van der Waals surface area contributed by atoms with E-state index < -0.39 is 6.04 Å². The summed E-state index contributed by atoms with van der Waals surface area (Å²) in [4.78, 5) is 28.3. The summed E-state index contributed by atoms with van der Waals surface area (Å²) in [5.74, 6) is -0.223. The zero-order valence-corrected chi connectivity index (χ0v) is 13.7. The largest absolute Gasteiger partial charge is 0.371 e. The molecule has 0 bridgehead atoms. The fraction of sp³-hybridized carbons (Fsp3) is 0.556. The number of nitrogens with two attached hydrogens (primary N) is 1. The number of benzene rings is 1. The number of hydrogen-bond acceptors (Lipinski definition) is 3. The van der Waals surface area contributed by atoms with E-state index in [1.807, 2.05) is 0 Å². The molecule has 2 fully saturated rings. The highest BCUT2D eigenvalue weighted by atomic mass is 16.2. The van der Waals surface area contributed by atoms with Gasteiger partial charge in [-0.1, -0.05) is 12.1 Å². The molecule has 2 aliphatic rings. The third-order valence-corrected chi connectivity index (χ3v) is 5.08. The second kappa shape index (κ2) is 6.60. The molecule has 1 aromatic rings. The Bertz CT molecular complexity index is 594. The van der Waals surface area contributed by atoms with Gasteiger partial charge in [-0.15, -0.1) is 0 Å². The maximum atomic E-state index is 12.7. The Morgan fingerprint density at radius 3 is 2.52 bits per heavy atom. The predicted octanol–water partition coefficient (Wildman–Crippen LogP) is 1.69. The minimum atomic E-state index is -0.391. The first-order valence-electron chi connectivity index (χ1n) is 8.47. The number of anilines is 1. The Morgan fingerprint density at radius 1 is 1.13 bits per heavy atom. The van der Waals surface area contributed by atoms with Gasteiger partial charge in [0.1, 0.15) is 6.04 Å². The summed E-state index contributed by atoms with van der Waals surface area (Å²) in [5.41, 5.74) is 7.91. The average Bonchev–Trinajstić information content (AvgIpc) is 3.04. The van der Waals surface area contributed by atoms with Crippen LogP contribution in [0.2, 0.25) is 0 Å². The molecule has 124 valence electrons. The quantitative estimate of drug-likeness (QED) is 0.923. The molecular formula is C18H25N3O2. The van der Waals surface area contributed by atoms with Crippen LogP contribution in [0.25, 0.3) is 0 Å². The van der Waals surface area contributed by atoms with Crippen LogP contribution in [0.1, 0.15) is 31.2 Å². The summed E-state index contributed by atoms with van der Waals surface area (Å²) in [7, 11) is 0. The molecule has 2 amide bonds. The van der Waals surface area contributed by atoms with E-state index in [1.54, 1.807) is 4.90 Å². The predicted molar refractivity (Wildman–Crippen MR) is 90.0 cm³/mol. The van der Waals surface area contributed by atoms with Gasteiger partial charge in [-0.25, -0.2) is 0 Å². The van der Waals surface area contributed by atoms with Crippen LogP contribution in [-0.4, -0.2) is 42.4 Å². The zero-order chi connectivity index (χ0) is 16.4. The lowest BCUT2D eigenvalue weighted by Gasteiger charge is -2.35. The highest BCUT2D eigenvalue weighted by Gasteiger charge is 2.37. The molecule has 0 aromatic heterocycles. The fourth-order valence-electron chi connectivity index (χ4n) is 3.77. The molecule has 2 heterocycles. The van der Waals surface area contributed by atoms with Crippen LogP contribution >= 0.6 is 0 Å². The van der Waals surface area contributed by atoms with Gasteiger partial charge in [0.05, 0.1) is 0 Å². The lowest BCUT2D eigenvalue weighted by Crippen LogP contribution is -2.48. The van der Waals surface area contributed by atoms with Crippen LogP contribution in [0.4, 0.5) is 5.69 Å². The first-order chi connectivity index (χ1) is 11.1. The number of carbonyl (C=O) groups excluding carboxylic acids is 2. The van der Waals surface area contributed by atoms with E-state index >= 15 is 0 Å². The van der Waals surface area contributed by atoms with Crippen molar-refractivity contribution in [1.82, 2.24) is 4.90 Å². The molecule has 1 atom stereocenters. The van der Waals surface area contributed by atoms with Gasteiger partial charge in [0.2, 0.25) is 11.8 Å². The van der Waals surface area contributed by atoms with Crippen molar-refractivity contribution < 1.29 is 9.59 Å². The number of amides is 2. The van der Waals surface area contributed by atoms with Gasteiger partial charge in [-0.05, 0) is 50.3 Å². The van der Waals surface area contributed by atoms with Crippen molar-refractivity contribution in [2.45, 2.75) is 38.6 Å². The maximum Gasteiger partial charge on any atom is 0.240 e. The zero-order valence-electron chi connectivity index (χ0n) is 13.7. The molecule has 3 rings (SSSR count). The van der Waals surface area contributed by atoms with Crippen molar-refractivity contribution in [3.05, 3.63) is 29.8 Å². The lowest BCUT2D eigenvalue weighted by molar-refractivity contribution is -0.141. The van der Waals surface area contributed by atoms with Gasteiger partial charge >= 0.3 is 0 Å². The van der Waals surface area contributed by atoms with E-state index in [0.717, 1.165) is 32.4 Å². The minimum Gasteiger partial charge on any atom is -0.371 e. The summed E-state index contributed by atoms with van der Waals surface area (Å²) in [5, 5.41) is 0. The van der Waals surface area contributed by atoms with E-state index in [4.69, 9.17) is 5.73 Å². The topological polar surface area (TPSA) is 66.6 Å². The van der Waals surface area contributed by atoms with Crippen LogP contribution < -0.4 is 10.6 Å². The second-order valence-electron chi connectivity index (χ2n) is 6.69. The standard InChI is InChI=1S/C18H25N3O2/c1-13-4-2-5-15(12-13)20-10-7-14(8-11-20)18(23)21-9-3-6-16(21)17(19)22/h2,4-5,12,14,16H,3,6-11H2,1H3,(H2,19,22)/t16-/m0/s1. The molecule has 1 aromatic carbocycles. The van der Waals surface area contributed by atoms with Crippen LogP contribution in [-0.2, 0) is 9.59 Å².